The van der Waals surface area contributed by atoms with Gasteiger partial charge in [0.1, 0.15) is 28.5 Å². The molecular weight excluding hydrogens is 378 g/mol. The van der Waals surface area contributed by atoms with Gasteiger partial charge in [-0.3, -0.25) is 4.79 Å². The van der Waals surface area contributed by atoms with E-state index in [1.54, 1.807) is 17.7 Å². The minimum atomic E-state index is -0.0264. The first kappa shape index (κ1) is 19.6. The van der Waals surface area contributed by atoms with Crippen molar-refractivity contribution in [3.8, 4) is 5.75 Å². The van der Waals surface area contributed by atoms with Gasteiger partial charge < -0.3 is 10.1 Å². The van der Waals surface area contributed by atoms with Crippen molar-refractivity contribution in [2.45, 2.75) is 32.7 Å². The molecule has 0 fully saturated rings. The molecule has 0 unspecified atom stereocenters. The number of nitrogens with one attached hydrogen (secondary N) is 1. The third-order valence-electron chi connectivity index (χ3n) is 4.35. The number of thioether (sulfide) groups is 1. The van der Waals surface area contributed by atoms with Crippen LogP contribution in [-0.4, -0.2) is 34.8 Å². The maximum atomic E-state index is 12.2. The van der Waals surface area contributed by atoms with Crippen molar-refractivity contribution in [2.75, 3.05) is 18.9 Å². The van der Waals surface area contributed by atoms with E-state index in [0.29, 0.717) is 18.9 Å². The number of rotatable bonds is 7. The Morgan fingerprint density at radius 1 is 1.19 bits per heavy atom. The summed E-state index contributed by atoms with van der Waals surface area (Å²) in [5.41, 5.74) is 3.40. The molecule has 0 aliphatic carbocycles. The summed E-state index contributed by atoms with van der Waals surface area (Å²) in [6, 6.07) is 6.06. The number of hydrogen-bond donors (Lipinski definition) is 1. The first-order valence-corrected chi connectivity index (χ1v) is 10.6. The highest BCUT2D eigenvalue weighted by Crippen LogP contribution is 2.34. The van der Waals surface area contributed by atoms with Crippen LogP contribution < -0.4 is 10.1 Å². The third kappa shape index (κ3) is 4.59. The van der Waals surface area contributed by atoms with Gasteiger partial charge in [-0.1, -0.05) is 30.0 Å². The summed E-state index contributed by atoms with van der Waals surface area (Å²) < 4.78 is 5.82. The van der Waals surface area contributed by atoms with Crippen LogP contribution in [0.1, 0.15) is 21.6 Å². The van der Waals surface area contributed by atoms with Gasteiger partial charge in [0.15, 0.2) is 0 Å². The predicted molar refractivity (Wildman–Crippen MR) is 112 cm³/mol. The summed E-state index contributed by atoms with van der Waals surface area (Å²) in [4.78, 5) is 23.1. The lowest BCUT2D eigenvalue weighted by molar-refractivity contribution is -0.118. The summed E-state index contributed by atoms with van der Waals surface area (Å²) in [5.74, 6) is 1.19. The number of carbonyl (C=O) groups excluding carboxylic acids is 1. The molecule has 0 bridgehead atoms. The predicted octanol–water partition coefficient (Wildman–Crippen LogP) is 4.21. The van der Waals surface area contributed by atoms with Crippen LogP contribution in [0.3, 0.4) is 0 Å². The number of aryl methyl sites for hydroxylation is 4. The number of para-hydroxylation sites is 1. The Morgan fingerprint density at radius 2 is 1.93 bits per heavy atom. The van der Waals surface area contributed by atoms with Crippen LogP contribution in [0.5, 0.6) is 5.75 Å². The van der Waals surface area contributed by atoms with E-state index >= 15 is 0 Å². The maximum absolute atomic E-state index is 12.2. The van der Waals surface area contributed by atoms with E-state index in [-0.39, 0.29) is 5.91 Å². The fourth-order valence-electron chi connectivity index (χ4n) is 2.81. The van der Waals surface area contributed by atoms with Gasteiger partial charge in [-0.2, -0.15) is 0 Å². The van der Waals surface area contributed by atoms with Crippen LogP contribution in [0.15, 0.2) is 29.6 Å². The van der Waals surface area contributed by atoms with E-state index in [2.05, 4.69) is 29.1 Å². The Hall–Kier alpha value is -2.12. The standard InChI is InChI=1S/C20H23N3O2S2/c1-12-6-5-7-13(2)18(12)25-9-8-21-16(24)10-26-19-17-14(3)15(4)27-20(17)23-11-22-19/h5-7,11H,8-10H2,1-4H3,(H,21,24). The zero-order valence-electron chi connectivity index (χ0n) is 16.0. The minimum Gasteiger partial charge on any atom is -0.491 e. The number of amides is 1. The summed E-state index contributed by atoms with van der Waals surface area (Å²) in [5, 5.41) is 4.83. The van der Waals surface area contributed by atoms with Crippen molar-refractivity contribution in [3.05, 3.63) is 46.1 Å². The van der Waals surface area contributed by atoms with Crippen LogP contribution in [0, 0.1) is 27.7 Å². The first-order valence-electron chi connectivity index (χ1n) is 8.76. The molecule has 1 aromatic carbocycles. The third-order valence-corrected chi connectivity index (χ3v) is 6.45. The Bertz CT molecular complexity index is 949. The Labute approximate surface area is 167 Å². The fraction of sp³-hybridized carbons (Fsp3) is 0.350. The number of carbonyl (C=O) groups is 1. The van der Waals surface area contributed by atoms with Gasteiger partial charge in [-0.25, -0.2) is 9.97 Å². The highest BCUT2D eigenvalue weighted by atomic mass is 32.2. The van der Waals surface area contributed by atoms with E-state index in [1.165, 1.54) is 22.2 Å². The van der Waals surface area contributed by atoms with Crippen LogP contribution in [0.4, 0.5) is 0 Å². The van der Waals surface area contributed by atoms with Gasteiger partial charge in [0.05, 0.1) is 12.3 Å². The lowest BCUT2D eigenvalue weighted by atomic mass is 10.1. The van der Waals surface area contributed by atoms with Gasteiger partial charge in [0, 0.05) is 10.3 Å². The lowest BCUT2D eigenvalue weighted by Crippen LogP contribution is -2.29. The minimum absolute atomic E-state index is 0.0264. The highest BCUT2D eigenvalue weighted by molar-refractivity contribution is 8.00. The monoisotopic (exact) mass is 401 g/mol. The summed E-state index contributed by atoms with van der Waals surface area (Å²) in [6.07, 6.45) is 1.57. The molecule has 5 nitrogen and oxygen atoms in total. The van der Waals surface area contributed by atoms with E-state index < -0.39 is 0 Å². The molecule has 2 aromatic heterocycles. The number of ether oxygens (including phenoxy) is 1. The van der Waals surface area contributed by atoms with Gasteiger partial charge in [-0.15, -0.1) is 11.3 Å². The molecule has 0 radical (unpaired) electrons. The second kappa shape index (κ2) is 8.71. The van der Waals surface area contributed by atoms with Gasteiger partial charge in [0.25, 0.3) is 0 Å². The van der Waals surface area contributed by atoms with Crippen molar-refractivity contribution in [2.24, 2.45) is 0 Å². The van der Waals surface area contributed by atoms with E-state index in [4.69, 9.17) is 4.74 Å². The quantitative estimate of drug-likeness (QED) is 0.365. The molecular formula is C20H23N3O2S2. The molecule has 0 spiro atoms. The fourth-order valence-corrected chi connectivity index (χ4v) is 4.76. The normalized spacial score (nSPS) is 11.0. The molecule has 142 valence electrons. The molecule has 3 rings (SSSR count). The average Bonchev–Trinajstić information content (AvgIpc) is 2.93. The van der Waals surface area contributed by atoms with Gasteiger partial charge >= 0.3 is 0 Å². The van der Waals surface area contributed by atoms with Crippen molar-refractivity contribution >= 4 is 39.2 Å². The molecule has 0 saturated heterocycles. The van der Waals surface area contributed by atoms with E-state index in [0.717, 1.165) is 32.1 Å². The van der Waals surface area contributed by atoms with Gasteiger partial charge in [0.2, 0.25) is 5.91 Å². The van der Waals surface area contributed by atoms with Crippen LogP contribution in [0.25, 0.3) is 10.2 Å². The molecule has 3 aromatic rings. The van der Waals surface area contributed by atoms with Crippen LogP contribution in [0.2, 0.25) is 0 Å². The van der Waals surface area contributed by atoms with Gasteiger partial charge in [-0.05, 0) is 44.4 Å². The molecule has 0 aliphatic heterocycles. The molecule has 0 aliphatic rings. The number of hydrogen-bond acceptors (Lipinski definition) is 6. The second-order valence-corrected chi connectivity index (χ2v) is 8.52. The number of fused-ring (bicyclic) bond motifs is 1. The first-order chi connectivity index (χ1) is 13.0. The van der Waals surface area contributed by atoms with Crippen LogP contribution >= 0.6 is 23.1 Å². The number of aromatic nitrogens is 2. The lowest BCUT2D eigenvalue weighted by Gasteiger charge is -2.12. The highest BCUT2D eigenvalue weighted by Gasteiger charge is 2.13. The number of thiophene rings is 1. The molecule has 2 heterocycles. The van der Waals surface area contributed by atoms with Crippen molar-refractivity contribution < 1.29 is 9.53 Å². The number of nitrogens with zero attached hydrogens (tertiary/aromatic N) is 2. The zero-order valence-corrected chi connectivity index (χ0v) is 17.6. The van der Waals surface area contributed by atoms with E-state index in [1.807, 2.05) is 32.0 Å². The zero-order chi connectivity index (χ0) is 19.4. The van der Waals surface area contributed by atoms with Crippen molar-refractivity contribution in [3.63, 3.8) is 0 Å². The van der Waals surface area contributed by atoms with Crippen molar-refractivity contribution in [1.29, 1.82) is 0 Å². The summed E-state index contributed by atoms with van der Waals surface area (Å²) in [7, 11) is 0. The molecule has 27 heavy (non-hydrogen) atoms. The maximum Gasteiger partial charge on any atom is 0.230 e. The SMILES string of the molecule is Cc1cccc(C)c1OCCNC(=O)CSc1ncnc2sc(C)c(C)c12. The smallest absolute Gasteiger partial charge is 0.230 e. The van der Waals surface area contributed by atoms with E-state index in [9.17, 15) is 4.79 Å². The molecule has 1 amide bonds. The average molecular weight is 402 g/mol. The largest absolute Gasteiger partial charge is 0.491 e. The molecule has 0 saturated carbocycles. The van der Waals surface area contributed by atoms with Crippen LogP contribution in [-0.2, 0) is 4.79 Å². The topological polar surface area (TPSA) is 64.1 Å². The summed E-state index contributed by atoms with van der Waals surface area (Å²) >= 11 is 3.11. The second-order valence-electron chi connectivity index (χ2n) is 6.35. The van der Waals surface area contributed by atoms with Crippen molar-refractivity contribution in [1.82, 2.24) is 15.3 Å². The molecule has 1 N–H and O–H groups in total. The Kier molecular flexibility index (Phi) is 6.34. The molecule has 7 heteroatoms. The number of benzene rings is 1. The molecule has 0 atom stereocenters. The Morgan fingerprint density at radius 3 is 2.67 bits per heavy atom. The summed E-state index contributed by atoms with van der Waals surface area (Å²) in [6.45, 7) is 9.12. The Balaban J connectivity index is 1.49.